The molecule has 0 radical (unpaired) electrons. The van der Waals surface area contributed by atoms with E-state index in [1.54, 1.807) is 6.92 Å². The van der Waals surface area contributed by atoms with Crippen molar-refractivity contribution in [2.45, 2.75) is 25.3 Å². The molecule has 0 spiro atoms. The van der Waals surface area contributed by atoms with Crippen molar-refractivity contribution < 1.29 is 8.42 Å². The van der Waals surface area contributed by atoms with Crippen LogP contribution in [0.1, 0.15) is 19.2 Å². The summed E-state index contributed by atoms with van der Waals surface area (Å²) < 4.78 is 25.4. The van der Waals surface area contributed by atoms with Crippen molar-refractivity contribution >= 4 is 10.0 Å². The van der Waals surface area contributed by atoms with E-state index in [1.807, 2.05) is 6.92 Å². The van der Waals surface area contributed by atoms with Crippen molar-refractivity contribution in [1.82, 2.24) is 14.3 Å². The number of sulfonamides is 1. The Balaban J connectivity index is 3.03. The molecule has 1 N–H and O–H groups in total. The Kier molecular flexibility index (Phi) is 4.10. The third kappa shape index (κ3) is 2.62. The van der Waals surface area contributed by atoms with E-state index >= 15 is 0 Å². The summed E-state index contributed by atoms with van der Waals surface area (Å²) in [5, 5.41) is 0.0914. The van der Waals surface area contributed by atoms with E-state index in [9.17, 15) is 8.42 Å². The Bertz CT molecular complexity index is 484. The lowest BCUT2D eigenvalue weighted by Gasteiger charge is -2.17. The van der Waals surface area contributed by atoms with E-state index in [-0.39, 0.29) is 11.6 Å². The van der Waals surface area contributed by atoms with Gasteiger partial charge >= 0.3 is 0 Å². The van der Waals surface area contributed by atoms with Gasteiger partial charge in [0.05, 0.1) is 12.7 Å². The first kappa shape index (κ1) is 12.7. The van der Waals surface area contributed by atoms with E-state index in [4.69, 9.17) is 6.42 Å². The van der Waals surface area contributed by atoms with E-state index in [0.717, 1.165) is 0 Å². The number of terminal acetylenes is 1. The van der Waals surface area contributed by atoms with Gasteiger partial charge < -0.3 is 4.98 Å². The van der Waals surface area contributed by atoms with Gasteiger partial charge in [0, 0.05) is 6.54 Å². The molecule has 0 saturated heterocycles. The van der Waals surface area contributed by atoms with Crippen LogP contribution in [0.5, 0.6) is 0 Å². The summed E-state index contributed by atoms with van der Waals surface area (Å²) in [4.78, 5) is 6.58. The highest BCUT2D eigenvalue weighted by Gasteiger charge is 2.24. The minimum atomic E-state index is -3.53. The zero-order valence-corrected chi connectivity index (χ0v) is 10.2. The lowest BCUT2D eigenvalue weighted by atomic mass is 10.5. The number of aromatic nitrogens is 2. The molecule has 0 unspecified atom stereocenters. The first-order valence-electron chi connectivity index (χ1n) is 4.97. The fourth-order valence-corrected chi connectivity index (χ4v) is 2.71. The molecule has 0 amide bonds. The van der Waals surface area contributed by atoms with Crippen molar-refractivity contribution in [2.75, 3.05) is 13.1 Å². The molecule has 0 atom stereocenters. The Morgan fingerprint density at radius 3 is 2.75 bits per heavy atom. The average molecular weight is 241 g/mol. The van der Waals surface area contributed by atoms with Gasteiger partial charge in [0.1, 0.15) is 5.82 Å². The first-order chi connectivity index (χ1) is 7.52. The standard InChI is InChI=1S/C10H15N3O2S/c1-4-6-13(7-5-2)16(14,15)10-8-11-9(3)12-10/h1,8H,5-7H2,2-3H3,(H,11,12). The predicted molar refractivity (Wildman–Crippen MR) is 61.2 cm³/mol. The summed E-state index contributed by atoms with van der Waals surface area (Å²) in [6.07, 6.45) is 7.18. The van der Waals surface area contributed by atoms with Gasteiger partial charge in [0.2, 0.25) is 0 Å². The normalized spacial score (nSPS) is 11.6. The van der Waals surface area contributed by atoms with Crippen LogP contribution in [-0.4, -0.2) is 35.8 Å². The zero-order valence-electron chi connectivity index (χ0n) is 9.40. The molecule has 0 saturated carbocycles. The maximum absolute atomic E-state index is 12.1. The molecule has 88 valence electrons. The van der Waals surface area contributed by atoms with Crippen LogP contribution in [0.4, 0.5) is 0 Å². The van der Waals surface area contributed by atoms with E-state index in [0.29, 0.717) is 18.8 Å². The smallest absolute Gasteiger partial charge is 0.260 e. The monoisotopic (exact) mass is 241 g/mol. The number of aromatic amines is 1. The molecule has 0 aliphatic rings. The summed E-state index contributed by atoms with van der Waals surface area (Å²) in [7, 11) is -3.53. The predicted octanol–water partition coefficient (Wildman–Crippen LogP) is 0.752. The maximum atomic E-state index is 12.1. The average Bonchev–Trinajstić information content (AvgIpc) is 2.65. The second kappa shape index (κ2) is 5.14. The van der Waals surface area contributed by atoms with Crippen molar-refractivity contribution in [3.05, 3.63) is 12.0 Å². The van der Waals surface area contributed by atoms with Crippen LogP contribution >= 0.6 is 0 Å². The van der Waals surface area contributed by atoms with Gasteiger partial charge in [-0.3, -0.25) is 0 Å². The number of hydrogen-bond acceptors (Lipinski definition) is 3. The summed E-state index contributed by atoms with van der Waals surface area (Å²) in [5.74, 6) is 2.91. The Morgan fingerprint density at radius 1 is 1.62 bits per heavy atom. The van der Waals surface area contributed by atoms with Crippen LogP contribution in [0, 0.1) is 19.3 Å². The molecule has 1 rings (SSSR count). The minimum Gasteiger partial charge on any atom is -0.332 e. The Labute approximate surface area is 95.9 Å². The van der Waals surface area contributed by atoms with Gasteiger partial charge in [-0.05, 0) is 13.3 Å². The minimum absolute atomic E-state index is 0.0776. The highest BCUT2D eigenvalue weighted by atomic mass is 32.2. The largest absolute Gasteiger partial charge is 0.332 e. The molecular formula is C10H15N3O2S. The van der Waals surface area contributed by atoms with Crippen LogP contribution in [-0.2, 0) is 10.0 Å². The van der Waals surface area contributed by atoms with Crippen molar-refractivity contribution in [3.63, 3.8) is 0 Å². The fourth-order valence-electron chi connectivity index (χ4n) is 1.30. The number of hydrogen-bond donors (Lipinski definition) is 1. The molecule has 0 aliphatic heterocycles. The topological polar surface area (TPSA) is 66.1 Å². The molecule has 1 aromatic rings. The number of rotatable bonds is 5. The van der Waals surface area contributed by atoms with Crippen LogP contribution in [0.3, 0.4) is 0 Å². The molecule has 0 bridgehead atoms. The second-order valence-electron chi connectivity index (χ2n) is 3.38. The van der Waals surface area contributed by atoms with Gasteiger partial charge in [-0.1, -0.05) is 12.8 Å². The number of H-pyrrole nitrogens is 1. The van der Waals surface area contributed by atoms with Crippen LogP contribution in [0.25, 0.3) is 0 Å². The summed E-state index contributed by atoms with van der Waals surface area (Å²) in [6, 6.07) is 0. The number of nitrogens with zero attached hydrogens (tertiary/aromatic N) is 2. The summed E-state index contributed by atoms with van der Waals surface area (Å²) in [5.41, 5.74) is 0. The van der Waals surface area contributed by atoms with Gasteiger partial charge in [0.25, 0.3) is 10.0 Å². The van der Waals surface area contributed by atoms with Crippen LogP contribution in [0.2, 0.25) is 0 Å². The lowest BCUT2D eigenvalue weighted by molar-refractivity contribution is 0.443. The van der Waals surface area contributed by atoms with Crippen LogP contribution < -0.4 is 0 Å². The van der Waals surface area contributed by atoms with Crippen molar-refractivity contribution in [3.8, 4) is 12.3 Å². The highest BCUT2D eigenvalue weighted by Crippen LogP contribution is 2.13. The van der Waals surface area contributed by atoms with E-state index in [2.05, 4.69) is 15.9 Å². The van der Waals surface area contributed by atoms with Gasteiger partial charge in [0.15, 0.2) is 5.03 Å². The van der Waals surface area contributed by atoms with Gasteiger partial charge in [-0.25, -0.2) is 13.4 Å². The highest BCUT2D eigenvalue weighted by molar-refractivity contribution is 7.89. The SMILES string of the molecule is C#CCN(CCC)S(=O)(=O)c1cnc(C)[nH]1. The molecular weight excluding hydrogens is 226 g/mol. The fraction of sp³-hybridized carbons (Fsp3) is 0.500. The second-order valence-corrected chi connectivity index (χ2v) is 5.28. The molecule has 1 heterocycles. The van der Waals surface area contributed by atoms with E-state index in [1.165, 1.54) is 10.5 Å². The number of nitrogens with one attached hydrogen (secondary N) is 1. The molecule has 0 aliphatic carbocycles. The Morgan fingerprint density at radius 2 is 2.31 bits per heavy atom. The lowest BCUT2D eigenvalue weighted by Crippen LogP contribution is -2.32. The Hall–Kier alpha value is -1.32. The molecule has 6 heteroatoms. The van der Waals surface area contributed by atoms with Crippen molar-refractivity contribution in [1.29, 1.82) is 0 Å². The molecule has 0 aromatic carbocycles. The maximum Gasteiger partial charge on any atom is 0.260 e. The summed E-state index contributed by atoms with van der Waals surface area (Å²) >= 11 is 0. The molecule has 5 nitrogen and oxygen atoms in total. The molecule has 16 heavy (non-hydrogen) atoms. The van der Waals surface area contributed by atoms with Crippen LogP contribution in [0.15, 0.2) is 11.2 Å². The number of aryl methyl sites for hydroxylation is 1. The number of imidazole rings is 1. The molecule has 0 fully saturated rings. The summed E-state index contributed by atoms with van der Waals surface area (Å²) in [6.45, 7) is 4.08. The van der Waals surface area contributed by atoms with E-state index < -0.39 is 10.0 Å². The first-order valence-corrected chi connectivity index (χ1v) is 6.41. The quantitative estimate of drug-likeness (QED) is 0.774. The third-order valence-corrected chi connectivity index (χ3v) is 3.79. The van der Waals surface area contributed by atoms with Crippen molar-refractivity contribution in [2.24, 2.45) is 0 Å². The molecule has 1 aromatic heterocycles. The van der Waals surface area contributed by atoms with Gasteiger partial charge in [-0.15, -0.1) is 6.42 Å². The zero-order chi connectivity index (χ0) is 12.2. The van der Waals surface area contributed by atoms with Gasteiger partial charge in [-0.2, -0.15) is 4.31 Å². The third-order valence-electron chi connectivity index (χ3n) is 2.04.